The van der Waals surface area contributed by atoms with Crippen LogP contribution in [-0.2, 0) is 4.79 Å². The molecule has 0 amide bonds. The normalized spacial score (nSPS) is 11.5. The summed E-state index contributed by atoms with van der Waals surface area (Å²) in [4.78, 5) is 10.1. The average Bonchev–Trinajstić information content (AvgIpc) is 1.78. The van der Waals surface area contributed by atoms with E-state index in [-0.39, 0.29) is 8.56 Å². The second kappa shape index (κ2) is 5.54. The van der Waals surface area contributed by atoms with E-state index in [4.69, 9.17) is 5.11 Å². The molecule has 0 aliphatic rings. The van der Waals surface area contributed by atoms with Gasteiger partial charge in [0, 0.05) is 6.42 Å². The Morgan fingerprint density at radius 2 is 1.82 bits per heavy atom. The van der Waals surface area contributed by atoms with Crippen LogP contribution in [0.15, 0.2) is 0 Å². The molecule has 0 saturated heterocycles. The van der Waals surface area contributed by atoms with Gasteiger partial charge in [0.25, 0.3) is 0 Å². The maximum absolute atomic E-state index is 10.1. The molecule has 0 atom stereocenters. The van der Waals surface area contributed by atoms with Gasteiger partial charge in [0.15, 0.2) is 0 Å². The first-order valence-electron chi connectivity index (χ1n) is 3.20. The van der Waals surface area contributed by atoms with Crippen LogP contribution in [0.4, 0.5) is 0 Å². The molecule has 0 aromatic heterocycles. The molecule has 0 fully saturated rings. The van der Waals surface area contributed by atoms with Gasteiger partial charge in [-0.2, -0.15) is 0 Å². The predicted molar refractivity (Wildman–Crippen MR) is 55.6 cm³/mol. The average molecular weight is 353 g/mol. The van der Waals surface area contributed by atoms with Crippen molar-refractivity contribution in [2.45, 2.75) is 27.8 Å². The van der Waals surface area contributed by atoms with Crippen molar-refractivity contribution in [2.75, 3.05) is 0 Å². The number of carboxylic acid groups (broad SMARTS) is 1. The lowest BCUT2D eigenvalue weighted by atomic mass is 10.2. The first kappa shape index (κ1) is 11.9. The molecule has 0 radical (unpaired) electrons. The first-order chi connectivity index (χ1) is 4.92. The van der Waals surface area contributed by atoms with Crippen LogP contribution in [0.2, 0.25) is 0 Å². The monoisotopic (exact) mass is 350 g/mol. The third-order valence-electron chi connectivity index (χ3n) is 1.10. The SMILES string of the molecule is O=C(O)CCCCC(Br)(Br)Br. The fraction of sp³-hybridized carbons (Fsp3) is 0.833. The zero-order valence-corrected chi connectivity index (χ0v) is 10.6. The van der Waals surface area contributed by atoms with E-state index in [9.17, 15) is 4.79 Å². The van der Waals surface area contributed by atoms with Crippen LogP contribution in [0.5, 0.6) is 0 Å². The summed E-state index contributed by atoms with van der Waals surface area (Å²) in [6.07, 6.45) is 2.72. The summed E-state index contributed by atoms with van der Waals surface area (Å²) in [7, 11) is 0. The number of unbranched alkanes of at least 4 members (excludes halogenated alkanes) is 1. The number of carbonyl (C=O) groups is 1. The molecule has 0 spiro atoms. The minimum atomic E-state index is -0.727. The Morgan fingerprint density at radius 3 is 2.18 bits per heavy atom. The van der Waals surface area contributed by atoms with Crippen molar-refractivity contribution >= 4 is 53.8 Å². The predicted octanol–water partition coefficient (Wildman–Crippen LogP) is 3.47. The summed E-state index contributed by atoms with van der Waals surface area (Å²) >= 11 is 9.99. The third-order valence-corrected chi connectivity index (χ3v) is 2.29. The Labute approximate surface area is 91.1 Å². The van der Waals surface area contributed by atoms with Crippen molar-refractivity contribution in [3.05, 3.63) is 0 Å². The van der Waals surface area contributed by atoms with Crippen molar-refractivity contribution in [1.29, 1.82) is 0 Å². The summed E-state index contributed by atoms with van der Waals surface area (Å²) in [6, 6.07) is 0. The standard InChI is InChI=1S/C6H9Br3O2/c7-6(8,9)4-2-1-3-5(10)11/h1-4H2,(H,10,11). The number of rotatable bonds is 4. The summed E-state index contributed by atoms with van der Waals surface area (Å²) in [6.45, 7) is 0. The van der Waals surface area contributed by atoms with E-state index >= 15 is 0 Å². The Bertz CT molecular complexity index is 130. The molecule has 0 heterocycles. The van der Waals surface area contributed by atoms with Gasteiger partial charge in [-0.05, 0) is 19.3 Å². The van der Waals surface area contributed by atoms with E-state index in [0.29, 0.717) is 0 Å². The van der Waals surface area contributed by atoms with Gasteiger partial charge in [-0.15, -0.1) is 0 Å². The minimum absolute atomic E-state index is 0.217. The van der Waals surface area contributed by atoms with E-state index in [1.807, 2.05) is 0 Å². The van der Waals surface area contributed by atoms with Gasteiger partial charge in [-0.25, -0.2) is 0 Å². The van der Waals surface area contributed by atoms with Crippen molar-refractivity contribution in [3.63, 3.8) is 0 Å². The van der Waals surface area contributed by atoms with Gasteiger partial charge in [-0.3, -0.25) is 4.79 Å². The van der Waals surface area contributed by atoms with E-state index in [2.05, 4.69) is 47.8 Å². The van der Waals surface area contributed by atoms with Gasteiger partial charge < -0.3 is 5.11 Å². The topological polar surface area (TPSA) is 37.3 Å². The largest absolute Gasteiger partial charge is 0.481 e. The van der Waals surface area contributed by atoms with E-state index in [1.165, 1.54) is 0 Å². The van der Waals surface area contributed by atoms with Crippen molar-refractivity contribution < 1.29 is 9.90 Å². The van der Waals surface area contributed by atoms with Crippen LogP contribution in [-0.4, -0.2) is 13.2 Å². The molecule has 0 aliphatic heterocycles. The molecule has 0 aromatic rings. The Morgan fingerprint density at radius 1 is 1.27 bits per heavy atom. The van der Waals surface area contributed by atoms with Crippen LogP contribution in [0, 0.1) is 0 Å². The lowest BCUT2D eigenvalue weighted by Crippen LogP contribution is -2.00. The van der Waals surface area contributed by atoms with Crippen LogP contribution in [0.3, 0.4) is 0 Å². The molecule has 0 saturated carbocycles. The second-order valence-electron chi connectivity index (χ2n) is 2.22. The van der Waals surface area contributed by atoms with Gasteiger partial charge in [0.1, 0.15) is 2.14 Å². The lowest BCUT2D eigenvalue weighted by Gasteiger charge is -2.09. The maximum Gasteiger partial charge on any atom is 0.303 e. The zero-order valence-electron chi connectivity index (χ0n) is 5.82. The molecule has 0 aliphatic carbocycles. The molecule has 2 nitrogen and oxygen atoms in total. The smallest absolute Gasteiger partial charge is 0.303 e. The van der Waals surface area contributed by atoms with Crippen molar-refractivity contribution in [2.24, 2.45) is 0 Å². The molecule has 0 aromatic carbocycles. The number of hydrogen-bond donors (Lipinski definition) is 1. The van der Waals surface area contributed by atoms with Gasteiger partial charge >= 0.3 is 5.97 Å². The van der Waals surface area contributed by atoms with Gasteiger partial charge in [0.05, 0.1) is 0 Å². The van der Waals surface area contributed by atoms with Crippen LogP contribution < -0.4 is 0 Å². The fourth-order valence-corrected chi connectivity index (χ4v) is 1.44. The highest BCUT2D eigenvalue weighted by Gasteiger charge is 2.16. The maximum atomic E-state index is 10.1. The van der Waals surface area contributed by atoms with E-state index in [0.717, 1.165) is 19.3 Å². The molecular formula is C6H9Br3O2. The molecule has 5 heteroatoms. The number of carboxylic acids is 1. The van der Waals surface area contributed by atoms with Crippen LogP contribution >= 0.6 is 47.8 Å². The highest BCUT2D eigenvalue weighted by atomic mass is 80.0. The molecule has 0 rings (SSSR count). The molecule has 0 bridgehead atoms. The van der Waals surface area contributed by atoms with E-state index in [1.54, 1.807) is 0 Å². The summed E-state index contributed by atoms with van der Waals surface area (Å²) in [5, 5.41) is 8.31. The van der Waals surface area contributed by atoms with Crippen LogP contribution in [0.25, 0.3) is 0 Å². The zero-order chi connectivity index (χ0) is 8.91. The Hall–Kier alpha value is 0.910. The van der Waals surface area contributed by atoms with Crippen LogP contribution in [0.1, 0.15) is 25.7 Å². The van der Waals surface area contributed by atoms with E-state index < -0.39 is 5.97 Å². The molecule has 66 valence electrons. The summed E-state index contributed by atoms with van der Waals surface area (Å²) in [5.41, 5.74) is 0. The number of aliphatic carboxylic acids is 1. The lowest BCUT2D eigenvalue weighted by molar-refractivity contribution is -0.137. The third kappa shape index (κ3) is 10.9. The number of halogens is 3. The number of hydrogen-bond acceptors (Lipinski definition) is 1. The molecule has 0 unspecified atom stereocenters. The van der Waals surface area contributed by atoms with Gasteiger partial charge in [0.2, 0.25) is 0 Å². The Kier molecular flexibility index (Phi) is 6.00. The molecule has 11 heavy (non-hydrogen) atoms. The second-order valence-corrected chi connectivity index (χ2v) is 9.47. The summed E-state index contributed by atoms with van der Waals surface area (Å²) < 4.78 is -0.217. The minimum Gasteiger partial charge on any atom is -0.481 e. The van der Waals surface area contributed by atoms with Crippen molar-refractivity contribution in [3.8, 4) is 0 Å². The highest BCUT2D eigenvalue weighted by Crippen LogP contribution is 2.38. The highest BCUT2D eigenvalue weighted by molar-refractivity contribution is 9.39. The Balaban J connectivity index is 3.22. The fourth-order valence-electron chi connectivity index (χ4n) is 0.602. The molecular weight excluding hydrogens is 344 g/mol. The van der Waals surface area contributed by atoms with Crippen molar-refractivity contribution in [1.82, 2.24) is 0 Å². The summed E-state index contributed by atoms with van der Waals surface area (Å²) in [5.74, 6) is -0.727. The first-order valence-corrected chi connectivity index (χ1v) is 5.58. The quantitative estimate of drug-likeness (QED) is 0.621. The number of alkyl halides is 3. The van der Waals surface area contributed by atoms with Gasteiger partial charge in [-0.1, -0.05) is 47.8 Å². The molecule has 1 N–H and O–H groups in total.